The van der Waals surface area contributed by atoms with Gasteiger partial charge in [-0.05, 0) is 50.1 Å². The van der Waals surface area contributed by atoms with Crippen LogP contribution in [0.25, 0.3) is 11.3 Å². The van der Waals surface area contributed by atoms with Gasteiger partial charge in [0, 0.05) is 5.69 Å². The van der Waals surface area contributed by atoms with Crippen LogP contribution in [0.4, 0.5) is 17.3 Å². The molecule has 0 fully saturated rings. The predicted molar refractivity (Wildman–Crippen MR) is 96.2 cm³/mol. The van der Waals surface area contributed by atoms with Crippen molar-refractivity contribution in [1.82, 2.24) is 20.3 Å². The van der Waals surface area contributed by atoms with Gasteiger partial charge in [0.25, 0.3) is 0 Å². The Bertz CT molecular complexity index is 914. The summed E-state index contributed by atoms with van der Waals surface area (Å²) >= 11 is 0. The molecule has 0 radical (unpaired) electrons. The number of fused-ring (bicyclic) bond motifs is 1. The van der Waals surface area contributed by atoms with Crippen LogP contribution in [-0.2, 0) is 9.53 Å². The molecule has 2 heterocycles. The Morgan fingerprint density at radius 1 is 1.08 bits per heavy atom. The number of hydrogen-bond donors (Lipinski definition) is 2. The Kier molecular flexibility index (Phi) is 4.70. The summed E-state index contributed by atoms with van der Waals surface area (Å²) < 4.78 is 9.95. The van der Waals surface area contributed by atoms with Crippen molar-refractivity contribution >= 4 is 34.6 Å². The van der Waals surface area contributed by atoms with Gasteiger partial charge < -0.3 is 15.4 Å². The summed E-state index contributed by atoms with van der Waals surface area (Å²) in [5.41, 5.74) is 1.91. The molecule has 3 aromatic rings. The number of ether oxygens (including phenoxy) is 1. The van der Waals surface area contributed by atoms with Gasteiger partial charge >= 0.3 is 5.97 Å². The van der Waals surface area contributed by atoms with Crippen LogP contribution < -0.4 is 10.6 Å². The number of benzene rings is 1. The summed E-state index contributed by atoms with van der Waals surface area (Å²) in [4.78, 5) is 20.6. The third-order valence-electron chi connectivity index (χ3n) is 3.25. The second kappa shape index (κ2) is 6.95. The average Bonchev–Trinajstić information content (AvgIpc) is 3.00. The van der Waals surface area contributed by atoms with Gasteiger partial charge in [-0.15, -0.1) is 0 Å². The summed E-state index contributed by atoms with van der Waals surface area (Å²) in [7, 11) is 0. The molecule has 0 saturated heterocycles. The van der Waals surface area contributed by atoms with Crippen molar-refractivity contribution < 1.29 is 14.2 Å². The van der Waals surface area contributed by atoms with E-state index >= 15 is 0 Å². The molecule has 9 nitrogen and oxygen atoms in total. The number of carbonyl (C=O) groups excluding carboxylic acids is 1. The molecule has 1 aromatic carbocycles. The van der Waals surface area contributed by atoms with Crippen molar-refractivity contribution in [1.29, 1.82) is 0 Å². The summed E-state index contributed by atoms with van der Waals surface area (Å²) in [6.07, 6.45) is 0. The number of aryl methyl sites for hydroxylation is 1. The molecule has 0 atom stereocenters. The van der Waals surface area contributed by atoms with E-state index in [9.17, 15) is 4.79 Å². The number of nitrogens with one attached hydrogen (secondary N) is 2. The van der Waals surface area contributed by atoms with Gasteiger partial charge in [0.15, 0.2) is 11.6 Å². The zero-order valence-electron chi connectivity index (χ0n) is 15.0. The number of nitrogens with zero attached hydrogens (tertiary/aromatic N) is 4. The molecule has 26 heavy (non-hydrogen) atoms. The fourth-order valence-corrected chi connectivity index (χ4v) is 2.16. The van der Waals surface area contributed by atoms with Gasteiger partial charge in [0.2, 0.25) is 11.3 Å². The van der Waals surface area contributed by atoms with Crippen LogP contribution in [0.15, 0.2) is 28.9 Å². The topological polar surface area (TPSA) is 115 Å². The molecule has 3 rings (SSSR count). The molecule has 0 bridgehead atoms. The van der Waals surface area contributed by atoms with Gasteiger partial charge in [-0.25, -0.2) is 14.6 Å². The first-order chi connectivity index (χ1) is 12.3. The molecule has 0 aliphatic carbocycles. The maximum Gasteiger partial charge on any atom is 0.325 e. The molecule has 0 unspecified atom stereocenters. The maximum atomic E-state index is 12.0. The molecule has 136 valence electrons. The lowest BCUT2D eigenvalue weighted by atomic mass is 10.2. The molecular weight excluding hydrogens is 336 g/mol. The van der Waals surface area contributed by atoms with Crippen LogP contribution in [0.3, 0.4) is 0 Å². The van der Waals surface area contributed by atoms with Gasteiger partial charge in [-0.2, -0.15) is 0 Å². The van der Waals surface area contributed by atoms with E-state index in [0.29, 0.717) is 11.6 Å². The first-order valence-corrected chi connectivity index (χ1v) is 8.10. The number of aromatic nitrogens is 4. The van der Waals surface area contributed by atoms with Crippen LogP contribution in [-0.4, -0.2) is 38.4 Å². The molecule has 0 spiro atoms. The lowest BCUT2D eigenvalue weighted by molar-refractivity contribution is -0.152. The predicted octanol–water partition coefficient (Wildman–Crippen LogP) is 2.82. The molecule has 0 saturated carbocycles. The van der Waals surface area contributed by atoms with Crippen LogP contribution in [0, 0.1) is 6.92 Å². The Balaban J connectivity index is 1.82. The van der Waals surface area contributed by atoms with Crippen LogP contribution in [0.1, 0.15) is 26.3 Å². The van der Waals surface area contributed by atoms with E-state index in [2.05, 4.69) is 35.5 Å². The van der Waals surface area contributed by atoms with Crippen molar-refractivity contribution in [3.8, 4) is 0 Å². The maximum absolute atomic E-state index is 12.0. The normalized spacial score (nSPS) is 11.4. The van der Waals surface area contributed by atoms with E-state index in [1.807, 2.05) is 52.0 Å². The van der Waals surface area contributed by atoms with Crippen LogP contribution in [0.2, 0.25) is 0 Å². The molecule has 9 heteroatoms. The van der Waals surface area contributed by atoms with E-state index in [-0.39, 0.29) is 17.8 Å². The van der Waals surface area contributed by atoms with Crippen LogP contribution in [0.5, 0.6) is 0 Å². The Hall–Kier alpha value is -3.23. The minimum Gasteiger partial charge on any atom is -0.459 e. The molecule has 2 N–H and O–H groups in total. The van der Waals surface area contributed by atoms with Gasteiger partial charge in [-0.3, -0.25) is 4.79 Å². The highest BCUT2D eigenvalue weighted by Crippen LogP contribution is 2.24. The van der Waals surface area contributed by atoms with E-state index in [0.717, 1.165) is 11.3 Å². The molecule has 0 aliphatic rings. The number of carbonyl (C=O) groups is 1. The standard InChI is InChI=1S/C17H20N6O3/c1-10-5-7-11(8-6-10)19-14-13(18-9-12(24)25-17(2,3)4)20-15-16(21-14)23-26-22-15/h5-8H,9H2,1-4H3,(H,18,20,22)(H,19,21,23). The van der Waals surface area contributed by atoms with E-state index in [1.54, 1.807) is 0 Å². The highest BCUT2D eigenvalue weighted by atomic mass is 16.6. The zero-order chi connectivity index (χ0) is 18.7. The van der Waals surface area contributed by atoms with E-state index in [4.69, 9.17) is 4.74 Å². The third kappa shape index (κ3) is 4.44. The van der Waals surface area contributed by atoms with Gasteiger partial charge in [0.1, 0.15) is 12.1 Å². The molecule has 0 aliphatic heterocycles. The summed E-state index contributed by atoms with van der Waals surface area (Å²) in [6.45, 7) is 7.36. The first-order valence-electron chi connectivity index (χ1n) is 8.10. The first kappa shape index (κ1) is 17.6. The van der Waals surface area contributed by atoms with E-state index < -0.39 is 11.6 Å². The SMILES string of the molecule is Cc1ccc(Nc2nc3nonc3nc2NCC(=O)OC(C)(C)C)cc1. The van der Waals surface area contributed by atoms with Crippen molar-refractivity contribution in [2.45, 2.75) is 33.3 Å². The van der Waals surface area contributed by atoms with Crippen molar-refractivity contribution in [2.24, 2.45) is 0 Å². The Morgan fingerprint density at radius 3 is 2.31 bits per heavy atom. The highest BCUT2D eigenvalue weighted by molar-refractivity contribution is 5.80. The molecule has 2 aromatic heterocycles. The largest absolute Gasteiger partial charge is 0.459 e. The molecule has 0 amide bonds. The van der Waals surface area contributed by atoms with Crippen molar-refractivity contribution in [3.05, 3.63) is 29.8 Å². The number of hydrogen-bond acceptors (Lipinski definition) is 9. The van der Waals surface area contributed by atoms with Gasteiger partial charge in [0.05, 0.1) is 0 Å². The smallest absolute Gasteiger partial charge is 0.325 e. The second-order valence-electron chi connectivity index (χ2n) is 6.76. The number of anilines is 3. The quantitative estimate of drug-likeness (QED) is 0.666. The fraction of sp³-hybridized carbons (Fsp3) is 0.353. The van der Waals surface area contributed by atoms with Gasteiger partial charge in [-0.1, -0.05) is 17.7 Å². The average molecular weight is 356 g/mol. The Morgan fingerprint density at radius 2 is 1.69 bits per heavy atom. The Labute approximate surface area is 150 Å². The fourth-order valence-electron chi connectivity index (χ4n) is 2.16. The summed E-state index contributed by atoms with van der Waals surface area (Å²) in [5, 5.41) is 13.5. The third-order valence-corrected chi connectivity index (χ3v) is 3.25. The minimum absolute atomic E-state index is 0.0642. The number of rotatable bonds is 5. The lowest BCUT2D eigenvalue weighted by Crippen LogP contribution is -2.28. The number of esters is 1. The minimum atomic E-state index is -0.562. The van der Waals surface area contributed by atoms with Crippen molar-refractivity contribution in [3.63, 3.8) is 0 Å². The van der Waals surface area contributed by atoms with Crippen LogP contribution >= 0.6 is 0 Å². The summed E-state index contributed by atoms with van der Waals surface area (Å²) in [5.74, 6) is 0.346. The molecular formula is C17H20N6O3. The zero-order valence-corrected chi connectivity index (χ0v) is 15.0. The monoisotopic (exact) mass is 356 g/mol. The van der Waals surface area contributed by atoms with Crippen molar-refractivity contribution in [2.75, 3.05) is 17.2 Å². The highest BCUT2D eigenvalue weighted by Gasteiger charge is 2.18. The lowest BCUT2D eigenvalue weighted by Gasteiger charge is -2.20. The second-order valence-corrected chi connectivity index (χ2v) is 6.76. The van der Waals surface area contributed by atoms with E-state index in [1.165, 1.54) is 0 Å². The summed E-state index contributed by atoms with van der Waals surface area (Å²) in [6, 6.07) is 7.78.